The lowest BCUT2D eigenvalue weighted by molar-refractivity contribution is 0.285. The van der Waals surface area contributed by atoms with Gasteiger partial charge in [-0.3, -0.25) is 0 Å². The molecular weight excluding hydrogens is 284 g/mol. The number of nitrogens with one attached hydrogen (secondary N) is 1. The molecule has 0 heterocycles. The summed E-state index contributed by atoms with van der Waals surface area (Å²) < 4.78 is 25.8. The van der Waals surface area contributed by atoms with E-state index in [9.17, 15) is 8.42 Å². The zero-order valence-corrected chi connectivity index (χ0v) is 12.3. The predicted molar refractivity (Wildman–Crippen MR) is 79.7 cm³/mol. The van der Waals surface area contributed by atoms with Gasteiger partial charge >= 0.3 is 0 Å². The van der Waals surface area contributed by atoms with Crippen molar-refractivity contribution < 1.29 is 13.5 Å². The van der Waals surface area contributed by atoms with Crippen molar-refractivity contribution >= 4 is 27.5 Å². The lowest BCUT2D eigenvalue weighted by Crippen LogP contribution is -2.28. The van der Waals surface area contributed by atoms with Crippen molar-refractivity contribution in [1.29, 1.82) is 0 Å². The average molecular weight is 304 g/mol. The summed E-state index contributed by atoms with van der Waals surface area (Å²) in [5.74, 6) is 0.560. The van der Waals surface area contributed by atoms with Gasteiger partial charge < -0.3 is 10.8 Å². The third-order valence-corrected chi connectivity index (χ3v) is 5.03. The molecule has 0 unspecified atom stereocenters. The summed E-state index contributed by atoms with van der Waals surface area (Å²) in [5, 5.41) is 8.59. The Morgan fingerprint density at radius 1 is 1.32 bits per heavy atom. The number of nitrogens with two attached hydrogens (primary N) is 1. The standard InChI is InChI=1S/C12H20N2O3S2/c13-11-4-3-5-12(10-11)18-8-9-19(16,17)14-6-1-2-7-15/h3-5,10,14-15H,1-2,6-9,13H2. The second kappa shape index (κ2) is 8.42. The summed E-state index contributed by atoms with van der Waals surface area (Å²) in [4.78, 5) is 0.968. The smallest absolute Gasteiger partial charge is 0.212 e. The molecule has 0 aliphatic carbocycles. The number of hydrogen-bond acceptors (Lipinski definition) is 5. The van der Waals surface area contributed by atoms with Crippen LogP contribution in [0.4, 0.5) is 5.69 Å². The van der Waals surface area contributed by atoms with Crippen LogP contribution in [0.2, 0.25) is 0 Å². The van der Waals surface area contributed by atoms with Crippen LogP contribution in [0.1, 0.15) is 12.8 Å². The van der Waals surface area contributed by atoms with Gasteiger partial charge in [-0.15, -0.1) is 11.8 Å². The Morgan fingerprint density at radius 2 is 2.11 bits per heavy atom. The number of sulfonamides is 1. The fraction of sp³-hybridized carbons (Fsp3) is 0.500. The average Bonchev–Trinajstić information content (AvgIpc) is 2.35. The predicted octanol–water partition coefficient (Wildman–Crippen LogP) is 1.05. The van der Waals surface area contributed by atoms with Gasteiger partial charge in [0.25, 0.3) is 0 Å². The molecule has 7 heteroatoms. The van der Waals surface area contributed by atoms with Crippen molar-refractivity contribution in [3.8, 4) is 0 Å². The van der Waals surface area contributed by atoms with Crippen LogP contribution in [0.15, 0.2) is 29.2 Å². The van der Waals surface area contributed by atoms with Crippen LogP contribution >= 0.6 is 11.8 Å². The first-order valence-corrected chi connectivity index (χ1v) is 8.74. The summed E-state index contributed by atoms with van der Waals surface area (Å²) >= 11 is 1.47. The molecular formula is C12H20N2O3S2. The van der Waals surface area contributed by atoms with E-state index in [1.54, 1.807) is 6.07 Å². The molecule has 19 heavy (non-hydrogen) atoms. The maximum absolute atomic E-state index is 11.6. The molecule has 0 atom stereocenters. The Labute approximate surface area is 118 Å². The molecule has 5 nitrogen and oxygen atoms in total. The van der Waals surface area contributed by atoms with Gasteiger partial charge in [-0.05, 0) is 31.0 Å². The number of aliphatic hydroxyl groups excluding tert-OH is 1. The van der Waals surface area contributed by atoms with Crippen LogP contribution in [-0.4, -0.2) is 38.2 Å². The van der Waals surface area contributed by atoms with Gasteiger partial charge in [0.15, 0.2) is 0 Å². The molecule has 0 aliphatic rings. The lowest BCUT2D eigenvalue weighted by atomic mass is 10.3. The lowest BCUT2D eigenvalue weighted by Gasteiger charge is -2.06. The number of benzene rings is 1. The molecule has 0 saturated carbocycles. The summed E-state index contributed by atoms with van der Waals surface area (Å²) in [7, 11) is -3.23. The van der Waals surface area contributed by atoms with E-state index in [1.807, 2.05) is 18.2 Å². The molecule has 4 N–H and O–H groups in total. The molecule has 0 fully saturated rings. The molecule has 0 spiro atoms. The van der Waals surface area contributed by atoms with Gasteiger partial charge in [0.2, 0.25) is 10.0 Å². The number of unbranched alkanes of at least 4 members (excludes halogenated alkanes) is 1. The molecule has 0 aliphatic heterocycles. The first kappa shape index (κ1) is 16.3. The number of nitrogen functional groups attached to an aromatic ring is 1. The summed E-state index contributed by atoms with van der Waals surface area (Å²) in [6, 6.07) is 7.37. The van der Waals surface area contributed by atoms with E-state index in [4.69, 9.17) is 10.8 Å². The third-order valence-electron chi connectivity index (χ3n) is 2.39. The number of thioether (sulfide) groups is 1. The number of rotatable bonds is 9. The van der Waals surface area contributed by atoms with E-state index in [0.29, 0.717) is 30.8 Å². The van der Waals surface area contributed by atoms with E-state index in [-0.39, 0.29) is 12.4 Å². The van der Waals surface area contributed by atoms with Crippen LogP contribution in [0.5, 0.6) is 0 Å². The molecule has 1 aromatic rings. The van der Waals surface area contributed by atoms with Crippen molar-refractivity contribution in [2.24, 2.45) is 0 Å². The highest BCUT2D eigenvalue weighted by Crippen LogP contribution is 2.20. The van der Waals surface area contributed by atoms with Crippen LogP contribution in [0.25, 0.3) is 0 Å². The Hall–Kier alpha value is -0.760. The largest absolute Gasteiger partial charge is 0.399 e. The normalized spacial score (nSPS) is 11.6. The van der Waals surface area contributed by atoms with E-state index in [1.165, 1.54) is 11.8 Å². The zero-order chi connectivity index (χ0) is 14.1. The Balaban J connectivity index is 2.27. The Kier molecular flexibility index (Phi) is 7.22. The van der Waals surface area contributed by atoms with Crippen molar-refractivity contribution in [2.45, 2.75) is 17.7 Å². The van der Waals surface area contributed by atoms with Crippen LogP contribution in [-0.2, 0) is 10.0 Å². The van der Waals surface area contributed by atoms with Gasteiger partial charge in [0.05, 0.1) is 5.75 Å². The first-order chi connectivity index (χ1) is 9.03. The topological polar surface area (TPSA) is 92.4 Å². The first-order valence-electron chi connectivity index (χ1n) is 6.10. The Bertz CT molecular complexity index is 478. The monoisotopic (exact) mass is 304 g/mol. The second-order valence-corrected chi connectivity index (χ2v) is 7.16. The van der Waals surface area contributed by atoms with Crippen LogP contribution in [0, 0.1) is 0 Å². The highest BCUT2D eigenvalue weighted by Gasteiger charge is 2.09. The van der Waals surface area contributed by atoms with Crippen LogP contribution < -0.4 is 10.5 Å². The van der Waals surface area contributed by atoms with Gasteiger partial charge in [0.1, 0.15) is 0 Å². The molecule has 0 bridgehead atoms. The Morgan fingerprint density at radius 3 is 2.79 bits per heavy atom. The summed E-state index contributed by atoms with van der Waals surface area (Å²) in [6.45, 7) is 0.471. The van der Waals surface area contributed by atoms with Gasteiger partial charge in [-0.1, -0.05) is 6.07 Å². The molecule has 1 aromatic carbocycles. The molecule has 0 saturated heterocycles. The molecule has 108 valence electrons. The minimum absolute atomic E-state index is 0.0750. The van der Waals surface area contributed by atoms with Gasteiger partial charge in [-0.2, -0.15) is 0 Å². The quantitative estimate of drug-likeness (QED) is 0.360. The number of aliphatic hydroxyl groups is 1. The maximum atomic E-state index is 11.6. The number of anilines is 1. The molecule has 0 radical (unpaired) electrons. The van der Waals surface area contributed by atoms with E-state index in [2.05, 4.69) is 4.72 Å². The van der Waals surface area contributed by atoms with E-state index >= 15 is 0 Å². The number of hydrogen-bond donors (Lipinski definition) is 3. The third kappa shape index (κ3) is 7.41. The highest BCUT2D eigenvalue weighted by molar-refractivity contribution is 8.00. The SMILES string of the molecule is Nc1cccc(SCCS(=O)(=O)NCCCCO)c1. The minimum Gasteiger partial charge on any atom is -0.399 e. The molecule has 0 amide bonds. The molecule has 0 aromatic heterocycles. The summed E-state index contributed by atoms with van der Waals surface area (Å²) in [5.41, 5.74) is 6.32. The van der Waals surface area contributed by atoms with Crippen molar-refractivity contribution in [2.75, 3.05) is 30.4 Å². The van der Waals surface area contributed by atoms with E-state index in [0.717, 1.165) is 4.90 Å². The van der Waals surface area contributed by atoms with Crippen molar-refractivity contribution in [1.82, 2.24) is 4.72 Å². The highest BCUT2D eigenvalue weighted by atomic mass is 32.2. The van der Waals surface area contributed by atoms with Gasteiger partial charge in [0, 0.05) is 29.5 Å². The second-order valence-electron chi connectivity index (χ2n) is 4.06. The zero-order valence-electron chi connectivity index (χ0n) is 10.7. The summed E-state index contributed by atoms with van der Waals surface area (Å²) in [6.07, 6.45) is 1.26. The minimum atomic E-state index is -3.23. The van der Waals surface area contributed by atoms with Crippen molar-refractivity contribution in [3.05, 3.63) is 24.3 Å². The van der Waals surface area contributed by atoms with E-state index < -0.39 is 10.0 Å². The van der Waals surface area contributed by atoms with Gasteiger partial charge in [-0.25, -0.2) is 13.1 Å². The van der Waals surface area contributed by atoms with Crippen LogP contribution in [0.3, 0.4) is 0 Å². The van der Waals surface area contributed by atoms with Crippen molar-refractivity contribution in [3.63, 3.8) is 0 Å². The fourth-order valence-corrected chi connectivity index (χ4v) is 3.85. The fourth-order valence-electron chi connectivity index (χ4n) is 1.41. The maximum Gasteiger partial charge on any atom is 0.212 e. The molecule has 1 rings (SSSR count).